The van der Waals surface area contributed by atoms with E-state index in [1.165, 1.54) is 0 Å². The van der Waals surface area contributed by atoms with Gasteiger partial charge in [-0.2, -0.15) is 0 Å². The molecule has 0 saturated heterocycles. The minimum absolute atomic E-state index is 0.0662. The standard InChI is InChI=1S/C14H18N2O3/c17-8-6-13(18)15-7-5-10-1-3-12-11(9-10)2-4-14(19)16-12/h1,3,9,17H,2,4-8H2,(H,15,18)(H,16,19). The van der Waals surface area contributed by atoms with Gasteiger partial charge in [-0.1, -0.05) is 12.1 Å². The normalized spacial score (nSPS) is 13.6. The van der Waals surface area contributed by atoms with E-state index < -0.39 is 0 Å². The van der Waals surface area contributed by atoms with Crippen molar-refractivity contribution in [2.45, 2.75) is 25.7 Å². The van der Waals surface area contributed by atoms with Crippen molar-refractivity contribution in [2.75, 3.05) is 18.5 Å². The van der Waals surface area contributed by atoms with Crippen LogP contribution in [0.4, 0.5) is 5.69 Å². The van der Waals surface area contributed by atoms with Gasteiger partial charge in [0.2, 0.25) is 11.8 Å². The van der Waals surface area contributed by atoms with Crippen molar-refractivity contribution in [3.8, 4) is 0 Å². The molecule has 0 aliphatic carbocycles. The second-order valence-corrected chi connectivity index (χ2v) is 4.61. The van der Waals surface area contributed by atoms with Gasteiger partial charge in [0.25, 0.3) is 0 Å². The highest BCUT2D eigenvalue weighted by atomic mass is 16.3. The van der Waals surface area contributed by atoms with E-state index in [2.05, 4.69) is 16.7 Å². The van der Waals surface area contributed by atoms with Gasteiger partial charge >= 0.3 is 0 Å². The SMILES string of the molecule is O=C(CCO)NCCc1ccc2c(c1)CCC(=O)N2. The molecule has 1 aromatic carbocycles. The number of rotatable bonds is 5. The van der Waals surface area contributed by atoms with Crippen LogP contribution >= 0.6 is 0 Å². The lowest BCUT2D eigenvalue weighted by molar-refractivity contribution is -0.121. The van der Waals surface area contributed by atoms with Crippen molar-refractivity contribution in [1.29, 1.82) is 0 Å². The Labute approximate surface area is 112 Å². The molecule has 0 fully saturated rings. The zero-order valence-electron chi connectivity index (χ0n) is 10.7. The highest BCUT2D eigenvalue weighted by Gasteiger charge is 2.14. The van der Waals surface area contributed by atoms with E-state index in [1.807, 2.05) is 12.1 Å². The first-order valence-corrected chi connectivity index (χ1v) is 6.48. The van der Waals surface area contributed by atoms with Crippen LogP contribution in [0, 0.1) is 0 Å². The monoisotopic (exact) mass is 262 g/mol. The van der Waals surface area contributed by atoms with Crippen LogP contribution in [-0.4, -0.2) is 30.1 Å². The molecule has 102 valence electrons. The molecule has 0 atom stereocenters. The fourth-order valence-corrected chi connectivity index (χ4v) is 2.13. The Morgan fingerprint density at radius 2 is 2.21 bits per heavy atom. The second kappa shape index (κ2) is 6.33. The molecule has 5 nitrogen and oxygen atoms in total. The van der Waals surface area contributed by atoms with E-state index in [9.17, 15) is 9.59 Å². The molecule has 1 aliphatic rings. The van der Waals surface area contributed by atoms with Crippen LogP contribution < -0.4 is 10.6 Å². The lowest BCUT2D eigenvalue weighted by Gasteiger charge is -2.17. The topological polar surface area (TPSA) is 78.4 Å². The summed E-state index contributed by atoms with van der Waals surface area (Å²) in [6.07, 6.45) is 2.20. The van der Waals surface area contributed by atoms with Crippen LogP contribution in [0.2, 0.25) is 0 Å². The van der Waals surface area contributed by atoms with Gasteiger partial charge in [0, 0.05) is 25.1 Å². The maximum atomic E-state index is 11.2. The molecular formula is C14H18N2O3. The lowest BCUT2D eigenvalue weighted by Crippen LogP contribution is -2.26. The van der Waals surface area contributed by atoms with Crippen molar-refractivity contribution < 1.29 is 14.7 Å². The Kier molecular flexibility index (Phi) is 4.52. The van der Waals surface area contributed by atoms with Crippen LogP contribution in [0.1, 0.15) is 24.0 Å². The number of hydrogen-bond acceptors (Lipinski definition) is 3. The molecule has 0 unspecified atom stereocenters. The van der Waals surface area contributed by atoms with Gasteiger partial charge in [-0.25, -0.2) is 0 Å². The smallest absolute Gasteiger partial charge is 0.224 e. The van der Waals surface area contributed by atoms with Crippen molar-refractivity contribution >= 4 is 17.5 Å². The summed E-state index contributed by atoms with van der Waals surface area (Å²) in [4.78, 5) is 22.4. The van der Waals surface area contributed by atoms with Gasteiger partial charge in [0.05, 0.1) is 6.61 Å². The minimum Gasteiger partial charge on any atom is -0.396 e. The van der Waals surface area contributed by atoms with E-state index in [0.717, 1.165) is 29.7 Å². The molecule has 5 heteroatoms. The number of amides is 2. The molecule has 19 heavy (non-hydrogen) atoms. The van der Waals surface area contributed by atoms with E-state index in [1.54, 1.807) is 0 Å². The summed E-state index contributed by atoms with van der Waals surface area (Å²) in [5.74, 6) is -0.0655. The summed E-state index contributed by atoms with van der Waals surface area (Å²) in [5.41, 5.74) is 3.18. The predicted octanol–water partition coefficient (Wildman–Crippen LogP) is 0.612. The predicted molar refractivity (Wildman–Crippen MR) is 71.8 cm³/mol. The highest BCUT2D eigenvalue weighted by Crippen LogP contribution is 2.23. The third-order valence-electron chi connectivity index (χ3n) is 3.14. The number of aryl methyl sites for hydroxylation is 1. The van der Waals surface area contributed by atoms with Gasteiger partial charge in [-0.15, -0.1) is 0 Å². The number of carbonyl (C=O) groups is 2. The number of aliphatic hydroxyl groups excluding tert-OH is 1. The largest absolute Gasteiger partial charge is 0.396 e. The maximum absolute atomic E-state index is 11.2. The molecule has 0 aromatic heterocycles. The van der Waals surface area contributed by atoms with Crippen LogP contribution in [-0.2, 0) is 22.4 Å². The van der Waals surface area contributed by atoms with E-state index in [0.29, 0.717) is 13.0 Å². The molecule has 2 rings (SSSR count). The lowest BCUT2D eigenvalue weighted by atomic mass is 9.99. The first-order chi connectivity index (χ1) is 9.19. The zero-order valence-corrected chi connectivity index (χ0v) is 10.7. The Morgan fingerprint density at radius 3 is 3.00 bits per heavy atom. The molecule has 0 radical (unpaired) electrons. The van der Waals surface area contributed by atoms with Gasteiger partial charge in [0.1, 0.15) is 0 Å². The van der Waals surface area contributed by atoms with Crippen molar-refractivity contribution in [1.82, 2.24) is 5.32 Å². The Bertz CT molecular complexity index is 486. The number of aliphatic hydroxyl groups is 1. The first-order valence-electron chi connectivity index (χ1n) is 6.48. The van der Waals surface area contributed by atoms with Crippen molar-refractivity contribution in [3.05, 3.63) is 29.3 Å². The molecular weight excluding hydrogens is 244 g/mol. The maximum Gasteiger partial charge on any atom is 0.224 e. The highest BCUT2D eigenvalue weighted by molar-refractivity contribution is 5.93. The summed E-state index contributed by atoms with van der Waals surface area (Å²) in [6, 6.07) is 5.95. The molecule has 1 aromatic rings. The van der Waals surface area contributed by atoms with Crippen LogP contribution in [0.25, 0.3) is 0 Å². The van der Waals surface area contributed by atoms with Gasteiger partial charge in [0.15, 0.2) is 0 Å². The van der Waals surface area contributed by atoms with Crippen LogP contribution in [0.3, 0.4) is 0 Å². The summed E-state index contributed by atoms with van der Waals surface area (Å²) < 4.78 is 0. The van der Waals surface area contributed by atoms with E-state index >= 15 is 0 Å². The summed E-state index contributed by atoms with van der Waals surface area (Å²) in [7, 11) is 0. The summed E-state index contributed by atoms with van der Waals surface area (Å²) in [5, 5.41) is 14.2. The average Bonchev–Trinajstić information content (AvgIpc) is 2.39. The molecule has 0 spiro atoms. The Balaban J connectivity index is 1.88. The number of carbonyl (C=O) groups excluding carboxylic acids is 2. The number of benzene rings is 1. The molecule has 1 heterocycles. The third kappa shape index (κ3) is 3.79. The van der Waals surface area contributed by atoms with Crippen LogP contribution in [0.5, 0.6) is 0 Å². The van der Waals surface area contributed by atoms with E-state index in [4.69, 9.17) is 5.11 Å². The van der Waals surface area contributed by atoms with Gasteiger partial charge in [-0.05, 0) is 30.0 Å². The zero-order chi connectivity index (χ0) is 13.7. The summed E-state index contributed by atoms with van der Waals surface area (Å²) >= 11 is 0. The van der Waals surface area contributed by atoms with Crippen LogP contribution in [0.15, 0.2) is 18.2 Å². The van der Waals surface area contributed by atoms with Crippen molar-refractivity contribution in [2.24, 2.45) is 0 Å². The fourth-order valence-electron chi connectivity index (χ4n) is 2.13. The third-order valence-corrected chi connectivity index (χ3v) is 3.14. The molecule has 1 aliphatic heterocycles. The second-order valence-electron chi connectivity index (χ2n) is 4.61. The van der Waals surface area contributed by atoms with Gasteiger partial charge in [-0.3, -0.25) is 9.59 Å². The molecule has 3 N–H and O–H groups in total. The quantitative estimate of drug-likeness (QED) is 0.727. The molecule has 0 bridgehead atoms. The molecule has 0 saturated carbocycles. The fraction of sp³-hybridized carbons (Fsp3) is 0.429. The Hall–Kier alpha value is -1.88. The van der Waals surface area contributed by atoms with E-state index in [-0.39, 0.29) is 24.8 Å². The Morgan fingerprint density at radius 1 is 1.37 bits per heavy atom. The minimum atomic E-state index is -0.132. The summed E-state index contributed by atoms with van der Waals surface area (Å²) in [6.45, 7) is 0.439. The first kappa shape index (κ1) is 13.5. The number of hydrogen-bond donors (Lipinski definition) is 3. The number of anilines is 1. The van der Waals surface area contributed by atoms with Gasteiger partial charge < -0.3 is 15.7 Å². The number of nitrogens with one attached hydrogen (secondary N) is 2. The number of fused-ring (bicyclic) bond motifs is 1. The van der Waals surface area contributed by atoms with Crippen molar-refractivity contribution in [3.63, 3.8) is 0 Å². The average molecular weight is 262 g/mol. The molecule has 2 amide bonds.